The van der Waals surface area contributed by atoms with Gasteiger partial charge in [0.1, 0.15) is 11.9 Å². The molecule has 3 N–H and O–H groups in total. The average Bonchev–Trinajstić information content (AvgIpc) is 2.31. The van der Waals surface area contributed by atoms with Crippen molar-refractivity contribution in [2.24, 2.45) is 5.41 Å². The van der Waals surface area contributed by atoms with Crippen molar-refractivity contribution in [3.05, 3.63) is 35.6 Å². The first-order valence-electron chi connectivity index (χ1n) is 6.22. The van der Waals surface area contributed by atoms with Gasteiger partial charge in [-0.25, -0.2) is 14.0 Å². The van der Waals surface area contributed by atoms with E-state index >= 15 is 0 Å². The van der Waals surface area contributed by atoms with E-state index in [0.717, 1.165) is 0 Å². The second kappa shape index (κ2) is 6.36. The van der Waals surface area contributed by atoms with Gasteiger partial charge in [-0.05, 0) is 23.1 Å². The van der Waals surface area contributed by atoms with Crippen molar-refractivity contribution in [1.29, 1.82) is 0 Å². The number of urea groups is 1. The minimum absolute atomic E-state index is 0.125. The molecule has 0 bridgehead atoms. The van der Waals surface area contributed by atoms with E-state index in [9.17, 15) is 14.0 Å². The molecule has 0 saturated carbocycles. The van der Waals surface area contributed by atoms with E-state index in [0.29, 0.717) is 5.56 Å². The Hall–Kier alpha value is -2.11. The summed E-state index contributed by atoms with van der Waals surface area (Å²) in [4.78, 5) is 22.8. The fraction of sp³-hybridized carbons (Fsp3) is 0.429. The lowest BCUT2D eigenvalue weighted by Gasteiger charge is -2.27. The monoisotopic (exact) mass is 282 g/mol. The number of carbonyl (C=O) groups excluding carboxylic acids is 1. The maximum absolute atomic E-state index is 13.0. The number of carbonyl (C=O) groups is 2. The molecule has 1 rings (SSSR count). The van der Waals surface area contributed by atoms with Gasteiger partial charge in [0.25, 0.3) is 0 Å². The summed E-state index contributed by atoms with van der Waals surface area (Å²) in [5.41, 5.74) is -0.00930. The molecule has 0 aliphatic carbocycles. The molecule has 6 heteroatoms. The van der Waals surface area contributed by atoms with E-state index in [-0.39, 0.29) is 12.4 Å². The molecule has 0 fully saturated rings. The van der Waals surface area contributed by atoms with Crippen LogP contribution in [0.25, 0.3) is 0 Å². The standard InChI is InChI=1S/C14H19FN2O3/c1-14(2,3)11(12(18)19)17-13(20)16-8-9-5-4-6-10(15)7-9/h4-7,11H,8H2,1-3H3,(H,18,19)(H2,16,17,20). The van der Waals surface area contributed by atoms with Crippen LogP contribution in [0.15, 0.2) is 24.3 Å². The number of halogens is 1. The molecule has 0 aliphatic rings. The maximum Gasteiger partial charge on any atom is 0.326 e. The highest BCUT2D eigenvalue weighted by Gasteiger charge is 2.32. The molecular weight excluding hydrogens is 263 g/mol. The maximum atomic E-state index is 13.0. The molecule has 1 unspecified atom stereocenters. The molecule has 5 nitrogen and oxygen atoms in total. The largest absolute Gasteiger partial charge is 0.480 e. The summed E-state index contributed by atoms with van der Waals surface area (Å²) >= 11 is 0. The Morgan fingerprint density at radius 3 is 2.50 bits per heavy atom. The highest BCUT2D eigenvalue weighted by Crippen LogP contribution is 2.19. The lowest BCUT2D eigenvalue weighted by atomic mass is 9.87. The molecule has 20 heavy (non-hydrogen) atoms. The number of rotatable bonds is 4. The summed E-state index contributed by atoms with van der Waals surface area (Å²) in [5.74, 6) is -1.48. The summed E-state index contributed by atoms with van der Waals surface area (Å²) < 4.78 is 13.0. The Balaban J connectivity index is 2.57. The van der Waals surface area contributed by atoms with E-state index in [4.69, 9.17) is 5.11 Å². The summed E-state index contributed by atoms with van der Waals surface area (Å²) in [7, 11) is 0. The van der Waals surface area contributed by atoms with Crippen LogP contribution in [0.4, 0.5) is 9.18 Å². The van der Waals surface area contributed by atoms with Gasteiger partial charge in [0.05, 0.1) is 0 Å². The molecule has 1 aromatic rings. The predicted molar refractivity (Wildman–Crippen MR) is 72.7 cm³/mol. The third-order valence-electron chi connectivity index (χ3n) is 2.73. The van der Waals surface area contributed by atoms with Crippen LogP contribution in [0.3, 0.4) is 0 Å². The third kappa shape index (κ3) is 4.87. The first-order valence-corrected chi connectivity index (χ1v) is 6.22. The van der Waals surface area contributed by atoms with Crippen molar-refractivity contribution in [3.8, 4) is 0 Å². The van der Waals surface area contributed by atoms with Gasteiger partial charge in [0.2, 0.25) is 0 Å². The van der Waals surface area contributed by atoms with Gasteiger partial charge in [-0.3, -0.25) is 0 Å². The zero-order valence-electron chi connectivity index (χ0n) is 11.7. The van der Waals surface area contributed by atoms with E-state index in [1.807, 2.05) is 0 Å². The molecule has 0 spiro atoms. The van der Waals surface area contributed by atoms with Gasteiger partial charge in [-0.2, -0.15) is 0 Å². The summed E-state index contributed by atoms with van der Waals surface area (Å²) in [6.45, 7) is 5.29. The van der Waals surface area contributed by atoms with Crippen LogP contribution >= 0.6 is 0 Å². The van der Waals surface area contributed by atoms with Crippen molar-refractivity contribution in [1.82, 2.24) is 10.6 Å². The van der Waals surface area contributed by atoms with E-state index in [2.05, 4.69) is 10.6 Å². The summed E-state index contributed by atoms with van der Waals surface area (Å²) in [5, 5.41) is 14.0. The van der Waals surface area contributed by atoms with Crippen molar-refractivity contribution in [3.63, 3.8) is 0 Å². The van der Waals surface area contributed by atoms with Gasteiger partial charge in [0, 0.05) is 6.54 Å². The number of hydrogen-bond acceptors (Lipinski definition) is 2. The topological polar surface area (TPSA) is 78.4 Å². The van der Waals surface area contributed by atoms with Gasteiger partial charge in [0.15, 0.2) is 0 Å². The first-order chi connectivity index (χ1) is 9.20. The van der Waals surface area contributed by atoms with Crippen LogP contribution in [0, 0.1) is 11.2 Å². The van der Waals surface area contributed by atoms with E-state index in [1.54, 1.807) is 32.9 Å². The van der Waals surface area contributed by atoms with Crippen molar-refractivity contribution in [2.75, 3.05) is 0 Å². The predicted octanol–water partition coefficient (Wildman–Crippen LogP) is 2.12. The second-order valence-electron chi connectivity index (χ2n) is 5.59. The first kappa shape index (κ1) is 15.9. The molecule has 0 aromatic heterocycles. The van der Waals surface area contributed by atoms with E-state index < -0.39 is 23.5 Å². The highest BCUT2D eigenvalue weighted by molar-refractivity contribution is 5.83. The molecule has 1 aromatic carbocycles. The minimum atomic E-state index is -1.10. The average molecular weight is 282 g/mol. The molecule has 110 valence electrons. The number of nitrogens with one attached hydrogen (secondary N) is 2. The number of benzene rings is 1. The zero-order valence-corrected chi connectivity index (χ0v) is 11.7. The van der Waals surface area contributed by atoms with E-state index in [1.165, 1.54) is 12.1 Å². The van der Waals surface area contributed by atoms with Gasteiger partial charge in [-0.15, -0.1) is 0 Å². The fourth-order valence-electron chi connectivity index (χ4n) is 1.66. The zero-order chi connectivity index (χ0) is 15.3. The molecule has 1 atom stereocenters. The van der Waals surface area contributed by atoms with Crippen LogP contribution in [-0.2, 0) is 11.3 Å². The molecule has 0 radical (unpaired) electrons. The Morgan fingerprint density at radius 1 is 1.35 bits per heavy atom. The molecular formula is C14H19FN2O3. The number of amides is 2. The SMILES string of the molecule is CC(C)(C)C(NC(=O)NCc1cccc(F)c1)C(=O)O. The number of aliphatic carboxylic acids is 1. The second-order valence-corrected chi connectivity index (χ2v) is 5.59. The molecule has 0 saturated heterocycles. The van der Waals surface area contributed by atoms with Crippen LogP contribution in [0.5, 0.6) is 0 Å². The number of carboxylic acid groups (broad SMARTS) is 1. The van der Waals surface area contributed by atoms with Crippen molar-refractivity contribution >= 4 is 12.0 Å². The van der Waals surface area contributed by atoms with Crippen LogP contribution in [-0.4, -0.2) is 23.1 Å². The van der Waals surface area contributed by atoms with Gasteiger partial charge >= 0.3 is 12.0 Å². The fourth-order valence-corrected chi connectivity index (χ4v) is 1.66. The smallest absolute Gasteiger partial charge is 0.326 e. The molecule has 0 heterocycles. The molecule has 0 aliphatic heterocycles. The van der Waals surface area contributed by atoms with Crippen molar-refractivity contribution < 1.29 is 19.1 Å². The van der Waals surface area contributed by atoms with Gasteiger partial charge in [-0.1, -0.05) is 32.9 Å². The number of carboxylic acids is 1. The molecule has 2 amide bonds. The van der Waals surface area contributed by atoms with Crippen LogP contribution in [0.2, 0.25) is 0 Å². The summed E-state index contributed by atoms with van der Waals surface area (Å²) in [6.07, 6.45) is 0. The third-order valence-corrected chi connectivity index (χ3v) is 2.73. The van der Waals surface area contributed by atoms with Crippen molar-refractivity contribution in [2.45, 2.75) is 33.4 Å². The highest BCUT2D eigenvalue weighted by atomic mass is 19.1. The quantitative estimate of drug-likeness (QED) is 0.791. The van der Waals surface area contributed by atoms with Crippen LogP contribution in [0.1, 0.15) is 26.3 Å². The lowest BCUT2D eigenvalue weighted by Crippen LogP contribution is -2.52. The minimum Gasteiger partial charge on any atom is -0.480 e. The Morgan fingerprint density at radius 2 is 2.00 bits per heavy atom. The Kier molecular flexibility index (Phi) is 5.07. The number of hydrogen-bond donors (Lipinski definition) is 3. The normalized spacial score (nSPS) is 12.6. The van der Waals surface area contributed by atoms with Crippen LogP contribution < -0.4 is 10.6 Å². The van der Waals surface area contributed by atoms with Gasteiger partial charge < -0.3 is 15.7 Å². The summed E-state index contributed by atoms with van der Waals surface area (Å²) in [6, 6.07) is 4.22. The Labute approximate surface area is 117 Å². The lowest BCUT2D eigenvalue weighted by molar-refractivity contribution is -0.141. The Bertz CT molecular complexity index is 497.